The third-order valence-corrected chi connectivity index (χ3v) is 4.98. The summed E-state index contributed by atoms with van der Waals surface area (Å²) in [5, 5.41) is 8.19. The van der Waals surface area contributed by atoms with Crippen LogP contribution in [0.2, 0.25) is 0 Å². The molecule has 0 bridgehead atoms. The second-order valence-corrected chi connectivity index (χ2v) is 7.35. The lowest BCUT2D eigenvalue weighted by Crippen LogP contribution is -2.42. The van der Waals surface area contributed by atoms with Gasteiger partial charge in [0.15, 0.2) is 5.82 Å². The van der Waals surface area contributed by atoms with E-state index < -0.39 is 29.2 Å². The predicted octanol–water partition coefficient (Wildman–Crippen LogP) is 3.85. The molecule has 0 fully saturated rings. The van der Waals surface area contributed by atoms with E-state index in [0.717, 1.165) is 6.20 Å². The van der Waals surface area contributed by atoms with Gasteiger partial charge in [-0.3, -0.25) is 4.79 Å². The van der Waals surface area contributed by atoms with E-state index in [0.29, 0.717) is 36.5 Å². The number of hydrogen-bond donors (Lipinski definition) is 0. The third kappa shape index (κ3) is 5.41. The maximum atomic E-state index is 14.2. The molecule has 0 N–H and O–H groups in total. The van der Waals surface area contributed by atoms with Crippen molar-refractivity contribution in [1.82, 2.24) is 24.9 Å². The molecule has 3 rings (SSSR count). The Morgan fingerprint density at radius 3 is 2.52 bits per heavy atom. The lowest BCUT2D eigenvalue weighted by Gasteiger charge is -2.28. The summed E-state index contributed by atoms with van der Waals surface area (Å²) >= 11 is 0. The number of benzene rings is 1. The molecule has 11 heteroatoms. The Morgan fingerprint density at radius 2 is 1.94 bits per heavy atom. The molecule has 1 aromatic carbocycles. The number of carbonyl (C=O) groups is 1. The summed E-state index contributed by atoms with van der Waals surface area (Å²) in [6, 6.07) is 5.11. The number of likely N-dealkylation sites (N-methyl/N-ethyl adjacent to an activating group) is 1. The number of ether oxygens (including phenoxy) is 2. The van der Waals surface area contributed by atoms with Gasteiger partial charge in [0.1, 0.15) is 18.0 Å². The van der Waals surface area contributed by atoms with Gasteiger partial charge in [-0.05, 0) is 32.0 Å². The summed E-state index contributed by atoms with van der Waals surface area (Å²) in [6.45, 7) is 4.40. The first-order valence-electron chi connectivity index (χ1n) is 10.2. The van der Waals surface area contributed by atoms with Crippen molar-refractivity contribution < 1.29 is 27.4 Å². The zero-order chi connectivity index (χ0) is 24.2. The van der Waals surface area contributed by atoms with Gasteiger partial charge in [0, 0.05) is 31.3 Å². The summed E-state index contributed by atoms with van der Waals surface area (Å²) in [4.78, 5) is 19.9. The van der Waals surface area contributed by atoms with Crippen LogP contribution in [0.25, 0.3) is 5.69 Å². The molecule has 0 aliphatic rings. The number of nitrogens with zero attached hydrogens (tertiary/aromatic N) is 5. The highest BCUT2D eigenvalue weighted by atomic mass is 19.3. The van der Waals surface area contributed by atoms with Crippen LogP contribution in [0.4, 0.5) is 13.2 Å². The average molecular weight is 463 g/mol. The highest BCUT2D eigenvalue weighted by molar-refractivity contribution is 5.98. The molecule has 0 radical (unpaired) electrons. The highest BCUT2D eigenvalue weighted by Gasteiger charge is 2.27. The van der Waals surface area contributed by atoms with Crippen LogP contribution in [0.5, 0.6) is 11.6 Å². The fourth-order valence-corrected chi connectivity index (χ4v) is 3.20. The zero-order valence-corrected chi connectivity index (χ0v) is 18.6. The maximum absolute atomic E-state index is 14.2. The number of hydrogen-bond acceptors (Lipinski definition) is 6. The van der Waals surface area contributed by atoms with E-state index in [2.05, 4.69) is 15.2 Å². The number of aromatic nitrogens is 4. The van der Waals surface area contributed by atoms with E-state index in [-0.39, 0.29) is 12.5 Å². The zero-order valence-electron chi connectivity index (χ0n) is 18.6. The second-order valence-electron chi connectivity index (χ2n) is 7.35. The van der Waals surface area contributed by atoms with E-state index in [1.165, 1.54) is 29.2 Å². The quantitative estimate of drug-likeness (QED) is 0.480. The molecule has 33 heavy (non-hydrogen) atoms. The number of halogens is 3. The Morgan fingerprint density at radius 1 is 1.24 bits per heavy atom. The lowest BCUT2D eigenvalue weighted by atomic mass is 10.1. The van der Waals surface area contributed by atoms with Gasteiger partial charge in [-0.1, -0.05) is 0 Å². The molecule has 2 aromatic heterocycles. The van der Waals surface area contributed by atoms with E-state index in [9.17, 15) is 18.0 Å². The molecule has 1 atom stereocenters. The van der Waals surface area contributed by atoms with Crippen molar-refractivity contribution in [2.45, 2.75) is 32.7 Å². The number of carbonyl (C=O) groups excluding carboxylic acids is 1. The first kappa shape index (κ1) is 24.0. The molecule has 0 unspecified atom stereocenters. The van der Waals surface area contributed by atoms with Crippen LogP contribution < -0.4 is 9.47 Å². The van der Waals surface area contributed by atoms with Crippen LogP contribution in [0.1, 0.15) is 36.7 Å². The molecule has 0 saturated carbocycles. The number of rotatable bonds is 9. The number of alkyl halides is 2. The first-order valence-corrected chi connectivity index (χ1v) is 10.2. The van der Waals surface area contributed by atoms with Gasteiger partial charge in [-0.2, -0.15) is 15.0 Å². The van der Waals surface area contributed by atoms with Crippen LogP contribution in [0.15, 0.2) is 42.9 Å². The molecule has 0 aliphatic carbocycles. The van der Waals surface area contributed by atoms with E-state index in [4.69, 9.17) is 9.47 Å². The van der Waals surface area contributed by atoms with E-state index in [1.54, 1.807) is 32.0 Å². The Kier molecular flexibility index (Phi) is 7.19. The predicted molar refractivity (Wildman–Crippen MR) is 113 cm³/mol. The lowest BCUT2D eigenvalue weighted by molar-refractivity contribution is 0.0165. The van der Waals surface area contributed by atoms with Gasteiger partial charge in [-0.15, -0.1) is 0 Å². The van der Waals surface area contributed by atoms with Gasteiger partial charge >= 0.3 is 0 Å². The molecule has 176 valence electrons. The molecule has 8 nitrogen and oxygen atoms in total. The molecule has 0 saturated heterocycles. The van der Waals surface area contributed by atoms with Crippen molar-refractivity contribution >= 4 is 5.91 Å². The summed E-state index contributed by atoms with van der Waals surface area (Å²) < 4.78 is 51.5. The summed E-state index contributed by atoms with van der Waals surface area (Å²) in [5.41, 5.74) is 0.212. The fraction of sp³-hybridized carbons (Fsp3) is 0.364. The minimum Gasteiger partial charge on any atom is -0.497 e. The topological polar surface area (TPSA) is 82.4 Å². The van der Waals surface area contributed by atoms with Crippen molar-refractivity contribution in [1.29, 1.82) is 0 Å². The molecular formula is C22H24F3N5O3. The SMILES string of the molecule is CCN(C(=O)c1ccc(OC)cc1-n1nccn1)[C@@H](C)COc1ncc(C(C)(F)F)cc1F. The number of methoxy groups -OCH3 is 1. The first-order chi connectivity index (χ1) is 15.7. The van der Waals surface area contributed by atoms with E-state index in [1.807, 2.05) is 0 Å². The monoisotopic (exact) mass is 463 g/mol. The molecule has 0 spiro atoms. The van der Waals surface area contributed by atoms with E-state index >= 15 is 0 Å². The average Bonchev–Trinajstić information content (AvgIpc) is 3.32. The van der Waals surface area contributed by atoms with Crippen molar-refractivity contribution in [2.75, 3.05) is 20.3 Å². The Balaban J connectivity index is 1.79. The smallest absolute Gasteiger partial charge is 0.272 e. The molecule has 3 aromatic rings. The van der Waals surface area contributed by atoms with Crippen LogP contribution >= 0.6 is 0 Å². The third-order valence-electron chi connectivity index (χ3n) is 4.98. The number of pyridine rings is 1. The van der Waals surface area contributed by atoms with Crippen LogP contribution in [-0.2, 0) is 5.92 Å². The minimum absolute atomic E-state index is 0.100. The number of amides is 1. The highest BCUT2D eigenvalue weighted by Crippen LogP contribution is 2.29. The second kappa shape index (κ2) is 9.88. The maximum Gasteiger partial charge on any atom is 0.272 e. The van der Waals surface area contributed by atoms with Crippen molar-refractivity contribution in [3.63, 3.8) is 0 Å². The van der Waals surface area contributed by atoms with Crippen molar-refractivity contribution in [2.24, 2.45) is 0 Å². The summed E-state index contributed by atoms with van der Waals surface area (Å²) in [7, 11) is 1.51. The molecule has 2 heterocycles. The summed E-state index contributed by atoms with van der Waals surface area (Å²) in [5.74, 6) is -4.43. The molecule has 1 amide bonds. The largest absolute Gasteiger partial charge is 0.497 e. The normalized spacial score (nSPS) is 12.3. The Labute approximate surface area is 188 Å². The van der Waals surface area contributed by atoms with Gasteiger partial charge < -0.3 is 14.4 Å². The minimum atomic E-state index is -3.22. The Bertz CT molecular complexity index is 1100. The van der Waals surface area contributed by atoms with Crippen molar-refractivity contribution in [3.8, 4) is 17.3 Å². The van der Waals surface area contributed by atoms with Crippen LogP contribution in [-0.4, -0.2) is 57.1 Å². The molecular weight excluding hydrogens is 439 g/mol. The van der Waals surface area contributed by atoms with Crippen LogP contribution in [0.3, 0.4) is 0 Å². The van der Waals surface area contributed by atoms with Gasteiger partial charge in [0.25, 0.3) is 11.8 Å². The Hall–Kier alpha value is -3.63. The standard InChI is InChI=1S/C22H24F3N5O3/c1-5-29(14(2)13-33-20-18(23)10-15(12-26-20)22(3,24)25)21(31)17-7-6-16(32-4)11-19(17)30-27-8-9-28-30/h6-12,14H,5,13H2,1-4H3/t14-/m0/s1. The van der Waals surface area contributed by atoms with Crippen LogP contribution in [0, 0.1) is 5.82 Å². The van der Waals surface area contributed by atoms with Gasteiger partial charge in [-0.25, -0.2) is 18.2 Å². The van der Waals surface area contributed by atoms with Gasteiger partial charge in [0.2, 0.25) is 5.88 Å². The van der Waals surface area contributed by atoms with Gasteiger partial charge in [0.05, 0.1) is 31.1 Å². The summed E-state index contributed by atoms with van der Waals surface area (Å²) in [6.07, 6.45) is 3.85. The molecule has 0 aliphatic heterocycles. The fourth-order valence-electron chi connectivity index (χ4n) is 3.20. The van der Waals surface area contributed by atoms with Crippen molar-refractivity contribution in [3.05, 3.63) is 59.8 Å².